The van der Waals surface area contributed by atoms with Gasteiger partial charge in [-0.05, 0) is 68.4 Å². The van der Waals surface area contributed by atoms with Crippen LogP contribution < -0.4 is 5.32 Å². The molecule has 0 radical (unpaired) electrons. The van der Waals surface area contributed by atoms with Gasteiger partial charge in [0, 0.05) is 36.7 Å². The Hall–Kier alpha value is -3.26. The first-order valence-corrected chi connectivity index (χ1v) is 11.1. The Morgan fingerprint density at radius 2 is 1.91 bits per heavy atom. The molecule has 8 heteroatoms. The molecule has 2 atom stereocenters. The number of hydrogen-bond acceptors (Lipinski definition) is 5. The van der Waals surface area contributed by atoms with Gasteiger partial charge in [0.25, 0.3) is 0 Å². The summed E-state index contributed by atoms with van der Waals surface area (Å²) < 4.78 is 6.97. The number of methoxy groups -OCH3 is 1. The molecule has 1 aliphatic heterocycles. The Balaban J connectivity index is 1.74. The van der Waals surface area contributed by atoms with Crippen molar-refractivity contribution < 1.29 is 9.53 Å². The summed E-state index contributed by atoms with van der Waals surface area (Å²) in [5.74, 6) is 0.670. The normalized spacial score (nSPS) is 18.0. The number of rotatable bonds is 7. The van der Waals surface area contributed by atoms with Gasteiger partial charge in [-0.25, -0.2) is 4.98 Å². The minimum Gasteiger partial charge on any atom is -0.469 e. The summed E-state index contributed by atoms with van der Waals surface area (Å²) in [6, 6.07) is 13.9. The van der Waals surface area contributed by atoms with Crippen LogP contribution in [0, 0.1) is 13.8 Å². The third kappa shape index (κ3) is 4.23. The van der Waals surface area contributed by atoms with E-state index in [9.17, 15) is 4.79 Å². The van der Waals surface area contributed by atoms with E-state index < -0.39 is 0 Å². The molecule has 1 fully saturated rings. The molecule has 3 aromatic rings. The summed E-state index contributed by atoms with van der Waals surface area (Å²) in [5.41, 5.74) is 4.30. The fourth-order valence-electron chi connectivity index (χ4n) is 4.41. The van der Waals surface area contributed by atoms with Crippen molar-refractivity contribution in [1.82, 2.24) is 24.8 Å². The first-order chi connectivity index (χ1) is 15.5. The number of pyridine rings is 2. The van der Waals surface area contributed by atoms with E-state index in [1.807, 2.05) is 36.4 Å². The van der Waals surface area contributed by atoms with Gasteiger partial charge in [0.2, 0.25) is 0 Å². The van der Waals surface area contributed by atoms with Gasteiger partial charge in [0.05, 0.1) is 24.9 Å². The Labute approximate surface area is 193 Å². The van der Waals surface area contributed by atoms with Crippen LogP contribution in [-0.2, 0) is 9.53 Å². The van der Waals surface area contributed by atoms with Gasteiger partial charge in [-0.2, -0.15) is 0 Å². The fraction of sp³-hybridized carbons (Fsp3) is 0.333. The van der Waals surface area contributed by atoms with Gasteiger partial charge in [0.15, 0.2) is 5.11 Å². The maximum Gasteiger partial charge on any atom is 0.305 e. The Morgan fingerprint density at radius 1 is 1.16 bits per heavy atom. The third-order valence-electron chi connectivity index (χ3n) is 5.87. The van der Waals surface area contributed by atoms with Crippen molar-refractivity contribution in [3.63, 3.8) is 0 Å². The first-order valence-electron chi connectivity index (χ1n) is 10.7. The second-order valence-corrected chi connectivity index (χ2v) is 8.24. The number of aromatic nitrogens is 3. The van der Waals surface area contributed by atoms with Crippen LogP contribution in [0.3, 0.4) is 0 Å². The number of thiocarbonyl (C=S) groups is 1. The molecule has 0 aliphatic carbocycles. The van der Waals surface area contributed by atoms with Crippen molar-refractivity contribution in [2.75, 3.05) is 13.7 Å². The first kappa shape index (κ1) is 22.0. The van der Waals surface area contributed by atoms with E-state index in [1.165, 1.54) is 7.11 Å². The number of ether oxygens (including phenoxy) is 1. The molecule has 0 amide bonds. The number of hydrogen-bond donors (Lipinski definition) is 1. The smallest absolute Gasteiger partial charge is 0.305 e. The van der Waals surface area contributed by atoms with Gasteiger partial charge in [0.1, 0.15) is 5.82 Å². The molecule has 7 nitrogen and oxygen atoms in total. The summed E-state index contributed by atoms with van der Waals surface area (Å²) in [5, 5.41) is 4.14. The van der Waals surface area contributed by atoms with Crippen LogP contribution in [0.25, 0.3) is 5.82 Å². The van der Waals surface area contributed by atoms with Gasteiger partial charge in [-0.3, -0.25) is 9.78 Å². The van der Waals surface area contributed by atoms with Gasteiger partial charge < -0.3 is 19.5 Å². The number of carbonyl (C=O) groups excluding carboxylic acids is 1. The largest absolute Gasteiger partial charge is 0.469 e. The number of carbonyl (C=O) groups is 1. The summed E-state index contributed by atoms with van der Waals surface area (Å²) >= 11 is 5.73. The van der Waals surface area contributed by atoms with Crippen molar-refractivity contribution in [2.45, 2.75) is 38.8 Å². The summed E-state index contributed by atoms with van der Waals surface area (Å²) in [4.78, 5) is 23.0. The van der Waals surface area contributed by atoms with Crippen molar-refractivity contribution in [3.05, 3.63) is 77.5 Å². The highest BCUT2D eigenvalue weighted by Crippen LogP contribution is 2.41. The van der Waals surface area contributed by atoms with E-state index in [0.717, 1.165) is 28.5 Å². The molecule has 0 aromatic carbocycles. The number of aryl methyl sites for hydroxylation is 1. The minimum atomic E-state index is -0.214. The van der Waals surface area contributed by atoms with E-state index in [1.54, 1.807) is 12.4 Å². The highest BCUT2D eigenvalue weighted by Gasteiger charge is 2.41. The van der Waals surface area contributed by atoms with Crippen LogP contribution in [0.4, 0.5) is 0 Å². The van der Waals surface area contributed by atoms with Crippen molar-refractivity contribution in [3.8, 4) is 5.82 Å². The predicted molar refractivity (Wildman–Crippen MR) is 126 cm³/mol. The van der Waals surface area contributed by atoms with Gasteiger partial charge >= 0.3 is 5.97 Å². The monoisotopic (exact) mass is 449 g/mol. The molecular weight excluding hydrogens is 422 g/mol. The zero-order valence-corrected chi connectivity index (χ0v) is 19.3. The van der Waals surface area contributed by atoms with Crippen LogP contribution in [-0.4, -0.2) is 44.2 Å². The van der Waals surface area contributed by atoms with Crippen LogP contribution in [0.2, 0.25) is 0 Å². The topological polar surface area (TPSA) is 72.3 Å². The summed E-state index contributed by atoms with van der Waals surface area (Å²) in [6.07, 6.45) is 4.60. The second-order valence-electron chi connectivity index (χ2n) is 7.85. The maximum absolute atomic E-state index is 11.7. The van der Waals surface area contributed by atoms with Crippen molar-refractivity contribution in [1.29, 1.82) is 0 Å². The average molecular weight is 450 g/mol. The fourth-order valence-corrected chi connectivity index (χ4v) is 4.74. The van der Waals surface area contributed by atoms with E-state index >= 15 is 0 Å². The van der Waals surface area contributed by atoms with Gasteiger partial charge in [-0.1, -0.05) is 12.1 Å². The number of esters is 1. The maximum atomic E-state index is 11.7. The van der Waals surface area contributed by atoms with Crippen molar-refractivity contribution >= 4 is 23.3 Å². The lowest BCUT2D eigenvalue weighted by atomic mass is 9.96. The number of nitrogens with zero attached hydrogens (tertiary/aromatic N) is 4. The molecule has 1 aliphatic rings. The lowest BCUT2D eigenvalue weighted by Gasteiger charge is -2.28. The highest BCUT2D eigenvalue weighted by atomic mass is 32.1. The molecule has 166 valence electrons. The molecule has 1 saturated heterocycles. The highest BCUT2D eigenvalue weighted by molar-refractivity contribution is 7.80. The van der Waals surface area contributed by atoms with Gasteiger partial charge in [-0.15, -0.1) is 0 Å². The van der Waals surface area contributed by atoms with E-state index in [0.29, 0.717) is 24.5 Å². The van der Waals surface area contributed by atoms with E-state index in [-0.39, 0.29) is 18.1 Å². The predicted octanol–water partition coefficient (Wildman–Crippen LogP) is 3.81. The quantitative estimate of drug-likeness (QED) is 0.434. The van der Waals surface area contributed by atoms with Crippen LogP contribution in [0.15, 0.2) is 54.9 Å². The van der Waals surface area contributed by atoms with Crippen LogP contribution in [0.5, 0.6) is 0 Å². The molecule has 4 rings (SSSR count). The molecular formula is C24H27N5O2S. The number of nitrogens with one attached hydrogen (secondary N) is 1. The molecule has 4 heterocycles. The molecule has 3 aromatic heterocycles. The third-order valence-corrected chi connectivity index (χ3v) is 6.23. The Kier molecular flexibility index (Phi) is 6.50. The molecule has 1 N–H and O–H groups in total. The standard InChI is InChI=1S/C24H27N5O2S/c1-16-15-18(17(2)29(16)20-10-5-7-13-26-20)23-22(19-9-4-6-12-25-19)27-24(32)28(23)14-8-11-21(30)31-3/h4-7,9-10,12-13,15,22-23H,8,11,14H2,1-3H3,(H,27,32)/t22-,23-/m0/s1. The van der Waals surface area contributed by atoms with Crippen LogP contribution in [0.1, 0.15) is 47.6 Å². The Morgan fingerprint density at radius 3 is 2.56 bits per heavy atom. The van der Waals surface area contributed by atoms with E-state index in [2.05, 4.69) is 44.7 Å². The molecule has 0 unspecified atom stereocenters. The summed E-state index contributed by atoms with van der Waals surface area (Å²) in [7, 11) is 1.41. The van der Waals surface area contributed by atoms with Crippen molar-refractivity contribution in [2.24, 2.45) is 0 Å². The summed E-state index contributed by atoms with van der Waals surface area (Å²) in [6.45, 7) is 4.84. The molecule has 0 bridgehead atoms. The second kappa shape index (κ2) is 9.48. The zero-order valence-electron chi connectivity index (χ0n) is 18.5. The minimum absolute atomic E-state index is 0.0568. The zero-order chi connectivity index (χ0) is 22.7. The van der Waals surface area contributed by atoms with Crippen LogP contribution >= 0.6 is 12.2 Å². The molecule has 32 heavy (non-hydrogen) atoms. The average Bonchev–Trinajstić information content (AvgIpc) is 3.29. The molecule has 0 spiro atoms. The molecule has 0 saturated carbocycles. The lowest BCUT2D eigenvalue weighted by molar-refractivity contribution is -0.140. The Bertz CT molecular complexity index is 1100. The van der Waals surface area contributed by atoms with E-state index in [4.69, 9.17) is 17.0 Å². The SMILES string of the molecule is COC(=O)CCCN1C(=S)N[C@@H](c2ccccn2)[C@@H]1c1cc(C)n(-c2ccccn2)c1C. The lowest BCUT2D eigenvalue weighted by Crippen LogP contribution is -2.31.